The van der Waals surface area contributed by atoms with E-state index in [1.54, 1.807) is 12.1 Å². The number of nitrogens with one attached hydrogen (secondary N) is 1. The van der Waals surface area contributed by atoms with Gasteiger partial charge in [-0.2, -0.15) is 0 Å². The van der Waals surface area contributed by atoms with Gasteiger partial charge >= 0.3 is 0 Å². The number of phenolic OH excluding ortho intramolecular Hbond substituents is 2. The zero-order valence-electron chi connectivity index (χ0n) is 10.6. The highest BCUT2D eigenvalue weighted by atomic mass is 79.9. The van der Waals surface area contributed by atoms with E-state index in [0.29, 0.717) is 15.8 Å². The van der Waals surface area contributed by atoms with Crippen molar-refractivity contribution in [3.8, 4) is 11.5 Å². The number of carbonyl (C=O) groups is 1. The summed E-state index contributed by atoms with van der Waals surface area (Å²) in [5.74, 6) is -1.04. The molecule has 104 valence electrons. The number of phenols is 2. The molecule has 0 bridgehead atoms. The van der Waals surface area contributed by atoms with Crippen LogP contribution in [0.25, 0.3) is 0 Å². The van der Waals surface area contributed by atoms with Gasteiger partial charge in [-0.05, 0) is 58.7 Å². The van der Waals surface area contributed by atoms with Crippen LogP contribution in [0, 0.1) is 6.92 Å². The van der Waals surface area contributed by atoms with Gasteiger partial charge in [0.05, 0.1) is 5.69 Å². The van der Waals surface area contributed by atoms with Crippen LogP contribution in [-0.2, 0) is 0 Å². The molecule has 0 aliphatic carbocycles. The summed E-state index contributed by atoms with van der Waals surface area (Å²) >= 11 is 3.35. The molecule has 1 amide bonds. The number of aromatic hydroxyl groups is 2. The Morgan fingerprint density at radius 2 is 1.90 bits per heavy atom. The van der Waals surface area contributed by atoms with Crippen molar-refractivity contribution in [2.45, 2.75) is 6.92 Å². The number of amides is 1. The molecule has 2 rings (SSSR count). The Balaban J connectivity index is 2.27. The fourth-order valence-electron chi connectivity index (χ4n) is 1.64. The smallest absolute Gasteiger partial charge is 0.255 e. The number of halogens is 1. The van der Waals surface area contributed by atoms with E-state index < -0.39 is 5.91 Å². The third-order valence-electron chi connectivity index (χ3n) is 2.84. The topological polar surface area (TPSA) is 95.6 Å². The third kappa shape index (κ3) is 2.85. The van der Waals surface area contributed by atoms with Gasteiger partial charge in [-0.15, -0.1) is 0 Å². The van der Waals surface area contributed by atoms with E-state index in [2.05, 4.69) is 21.2 Å². The average molecular weight is 337 g/mol. The summed E-state index contributed by atoms with van der Waals surface area (Å²) in [4.78, 5) is 12.1. The molecule has 0 radical (unpaired) electrons. The van der Waals surface area contributed by atoms with Gasteiger partial charge in [0.25, 0.3) is 5.91 Å². The van der Waals surface area contributed by atoms with Crippen molar-refractivity contribution in [2.75, 3.05) is 11.1 Å². The first kappa shape index (κ1) is 14.2. The molecule has 2 aromatic rings. The molecule has 2 aromatic carbocycles. The Labute approximate surface area is 124 Å². The number of carbonyl (C=O) groups excluding carboxylic acids is 1. The van der Waals surface area contributed by atoms with Crippen LogP contribution in [-0.4, -0.2) is 16.1 Å². The van der Waals surface area contributed by atoms with Crippen LogP contribution in [0.5, 0.6) is 11.5 Å². The molecule has 5 nitrogen and oxygen atoms in total. The normalized spacial score (nSPS) is 10.3. The maximum absolute atomic E-state index is 12.1. The highest BCUT2D eigenvalue weighted by molar-refractivity contribution is 9.10. The summed E-state index contributed by atoms with van der Waals surface area (Å²) in [5.41, 5.74) is 8.03. The number of anilines is 2. The third-order valence-corrected chi connectivity index (χ3v) is 3.50. The van der Waals surface area contributed by atoms with Crippen molar-refractivity contribution in [1.29, 1.82) is 0 Å². The van der Waals surface area contributed by atoms with Crippen LogP contribution in [0.2, 0.25) is 0 Å². The highest BCUT2D eigenvalue weighted by Gasteiger charge is 2.11. The van der Waals surface area contributed by atoms with Crippen LogP contribution in [0.3, 0.4) is 0 Å². The number of rotatable bonds is 2. The number of hydrogen-bond acceptors (Lipinski definition) is 4. The van der Waals surface area contributed by atoms with Crippen LogP contribution in [0.1, 0.15) is 15.9 Å². The van der Waals surface area contributed by atoms with Crippen LogP contribution < -0.4 is 11.1 Å². The van der Waals surface area contributed by atoms with E-state index in [9.17, 15) is 15.0 Å². The van der Waals surface area contributed by atoms with Crippen LogP contribution in [0.15, 0.2) is 34.8 Å². The maximum atomic E-state index is 12.1. The van der Waals surface area contributed by atoms with Crippen LogP contribution >= 0.6 is 15.9 Å². The lowest BCUT2D eigenvalue weighted by molar-refractivity contribution is 0.102. The Hall–Kier alpha value is -2.21. The van der Waals surface area contributed by atoms with Crippen molar-refractivity contribution in [3.05, 3.63) is 45.9 Å². The molecule has 0 saturated carbocycles. The average Bonchev–Trinajstić information content (AvgIpc) is 2.39. The van der Waals surface area contributed by atoms with Gasteiger partial charge in [0, 0.05) is 15.7 Å². The minimum atomic E-state index is -0.413. The van der Waals surface area contributed by atoms with Crippen molar-refractivity contribution in [1.82, 2.24) is 0 Å². The molecule has 0 unspecified atom stereocenters. The summed E-state index contributed by atoms with van der Waals surface area (Å²) in [5, 5.41) is 21.3. The lowest BCUT2D eigenvalue weighted by Gasteiger charge is -2.10. The lowest BCUT2D eigenvalue weighted by atomic mass is 10.1. The molecule has 0 saturated heterocycles. The Morgan fingerprint density at radius 3 is 2.55 bits per heavy atom. The molecule has 0 spiro atoms. The number of benzene rings is 2. The first-order chi connectivity index (χ1) is 9.38. The molecule has 20 heavy (non-hydrogen) atoms. The maximum Gasteiger partial charge on any atom is 0.255 e. The molecule has 0 heterocycles. The number of hydrogen-bond donors (Lipinski definition) is 4. The summed E-state index contributed by atoms with van der Waals surface area (Å²) < 4.78 is 0.709. The lowest BCUT2D eigenvalue weighted by Crippen LogP contribution is -2.12. The monoisotopic (exact) mass is 336 g/mol. The summed E-state index contributed by atoms with van der Waals surface area (Å²) in [6.45, 7) is 1.86. The summed E-state index contributed by atoms with van der Waals surface area (Å²) in [7, 11) is 0. The van der Waals surface area contributed by atoms with Gasteiger partial charge in [0.1, 0.15) is 0 Å². The van der Waals surface area contributed by atoms with Gasteiger partial charge in [-0.25, -0.2) is 0 Å². The predicted octanol–water partition coefficient (Wildman–Crippen LogP) is 3.00. The van der Waals surface area contributed by atoms with Crippen molar-refractivity contribution in [3.63, 3.8) is 0 Å². The summed E-state index contributed by atoms with van der Waals surface area (Å²) in [6, 6.07) is 7.31. The van der Waals surface area contributed by atoms with Crippen molar-refractivity contribution < 1.29 is 15.0 Å². The fraction of sp³-hybridized carbons (Fsp3) is 0.0714. The van der Waals surface area contributed by atoms with Gasteiger partial charge in [0.2, 0.25) is 0 Å². The van der Waals surface area contributed by atoms with E-state index in [1.807, 2.05) is 6.92 Å². The molecule has 0 aliphatic heterocycles. The fourth-order valence-corrected chi connectivity index (χ4v) is 2.20. The quantitative estimate of drug-likeness (QED) is 0.500. The predicted molar refractivity (Wildman–Crippen MR) is 81.0 cm³/mol. The largest absolute Gasteiger partial charge is 0.504 e. The number of nitrogen functional groups attached to an aromatic ring is 1. The molecule has 0 aromatic heterocycles. The molecular weight excluding hydrogens is 324 g/mol. The van der Waals surface area contributed by atoms with E-state index in [1.165, 1.54) is 18.2 Å². The van der Waals surface area contributed by atoms with Crippen molar-refractivity contribution in [2.24, 2.45) is 0 Å². The van der Waals surface area contributed by atoms with Crippen molar-refractivity contribution >= 4 is 33.2 Å². The Bertz CT molecular complexity index is 686. The van der Waals surface area contributed by atoms with E-state index in [4.69, 9.17) is 5.73 Å². The molecule has 0 aliphatic rings. The van der Waals surface area contributed by atoms with E-state index in [-0.39, 0.29) is 17.1 Å². The second-order valence-electron chi connectivity index (χ2n) is 4.35. The molecule has 5 N–H and O–H groups in total. The Morgan fingerprint density at radius 1 is 1.20 bits per heavy atom. The molecule has 0 atom stereocenters. The minimum absolute atomic E-state index is 0.228. The summed E-state index contributed by atoms with van der Waals surface area (Å²) in [6.07, 6.45) is 0. The molecule has 0 fully saturated rings. The van der Waals surface area contributed by atoms with Gasteiger partial charge < -0.3 is 21.3 Å². The minimum Gasteiger partial charge on any atom is -0.504 e. The zero-order chi connectivity index (χ0) is 14.9. The van der Waals surface area contributed by atoms with Gasteiger partial charge in [0.15, 0.2) is 11.5 Å². The number of nitrogens with two attached hydrogens (primary N) is 1. The highest BCUT2D eigenvalue weighted by Crippen LogP contribution is 2.29. The van der Waals surface area contributed by atoms with Crippen LogP contribution in [0.4, 0.5) is 11.4 Å². The first-order valence-corrected chi connectivity index (χ1v) is 6.56. The zero-order valence-corrected chi connectivity index (χ0v) is 12.2. The Kier molecular flexibility index (Phi) is 3.85. The first-order valence-electron chi connectivity index (χ1n) is 5.77. The van der Waals surface area contributed by atoms with E-state index >= 15 is 0 Å². The van der Waals surface area contributed by atoms with Gasteiger partial charge in [-0.3, -0.25) is 4.79 Å². The number of aryl methyl sites for hydroxylation is 1. The molecular formula is C14H13BrN2O3. The standard InChI is InChI=1S/C14H13BrN2O3/c1-7-4-9(15)11(6-10(7)16)17-14(20)8-2-3-12(18)13(19)5-8/h2-6,18-19H,16H2,1H3,(H,17,20). The second kappa shape index (κ2) is 5.42. The molecule has 6 heteroatoms. The van der Waals surface area contributed by atoms with Gasteiger partial charge in [-0.1, -0.05) is 0 Å². The SMILES string of the molecule is Cc1cc(Br)c(NC(=O)c2ccc(O)c(O)c2)cc1N. The second-order valence-corrected chi connectivity index (χ2v) is 5.20. The van der Waals surface area contributed by atoms with E-state index in [0.717, 1.165) is 5.56 Å².